The van der Waals surface area contributed by atoms with Gasteiger partial charge < -0.3 is 5.32 Å². The smallest absolute Gasteiger partial charge is 0.123 e. The van der Waals surface area contributed by atoms with Gasteiger partial charge in [-0.1, -0.05) is 54.6 Å². The van der Waals surface area contributed by atoms with Crippen LogP contribution in [0.1, 0.15) is 36.9 Å². The Morgan fingerprint density at radius 3 is 2.57 bits per heavy atom. The zero-order valence-electron chi connectivity index (χ0n) is 16.6. The van der Waals surface area contributed by atoms with Crippen LogP contribution in [-0.4, -0.2) is 24.5 Å². The summed E-state index contributed by atoms with van der Waals surface area (Å²) in [6, 6.07) is 22.6. The van der Waals surface area contributed by atoms with Crippen LogP contribution in [0.2, 0.25) is 0 Å². The van der Waals surface area contributed by atoms with Crippen LogP contribution < -0.4 is 5.32 Å². The number of nitrogens with zero attached hydrogens (tertiary/aromatic N) is 1. The Labute approximate surface area is 167 Å². The standard InChI is InChI=1S/C25H29FN2/c1-19(24-11-5-8-22-7-2-3-10-25(22)24)28-14-12-20(13-15-28)17-27-18-21-6-4-9-23(26)16-21/h2-11,16,19-20,27H,12-15,17-18H2,1H3. The summed E-state index contributed by atoms with van der Waals surface area (Å²) < 4.78 is 13.3. The average molecular weight is 377 g/mol. The van der Waals surface area contributed by atoms with E-state index in [1.54, 1.807) is 12.1 Å². The van der Waals surface area contributed by atoms with Gasteiger partial charge in [-0.25, -0.2) is 4.39 Å². The number of halogens is 1. The van der Waals surface area contributed by atoms with Gasteiger partial charge in [0.25, 0.3) is 0 Å². The zero-order valence-corrected chi connectivity index (χ0v) is 16.6. The van der Waals surface area contributed by atoms with Crippen molar-refractivity contribution >= 4 is 10.8 Å². The Bertz CT molecular complexity index is 910. The highest BCUT2D eigenvalue weighted by molar-refractivity contribution is 5.86. The van der Waals surface area contributed by atoms with Gasteiger partial charge in [0.1, 0.15) is 5.82 Å². The average Bonchev–Trinajstić information content (AvgIpc) is 2.73. The number of hydrogen-bond donors (Lipinski definition) is 1. The van der Waals surface area contributed by atoms with Crippen molar-refractivity contribution in [1.29, 1.82) is 0 Å². The second-order valence-corrected chi connectivity index (χ2v) is 7.98. The molecule has 1 aliphatic heterocycles. The topological polar surface area (TPSA) is 15.3 Å². The molecule has 1 atom stereocenters. The van der Waals surface area contributed by atoms with Crippen LogP contribution in [0.4, 0.5) is 4.39 Å². The molecule has 0 aromatic heterocycles. The first kappa shape index (κ1) is 19.1. The first-order chi connectivity index (χ1) is 13.7. The van der Waals surface area contributed by atoms with Crippen LogP contribution in [0.25, 0.3) is 10.8 Å². The molecular formula is C25H29FN2. The first-order valence-corrected chi connectivity index (χ1v) is 10.4. The number of benzene rings is 3. The molecule has 0 radical (unpaired) electrons. The number of nitrogens with one attached hydrogen (secondary N) is 1. The summed E-state index contributed by atoms with van der Waals surface area (Å²) in [6.45, 7) is 6.36. The van der Waals surface area contributed by atoms with Gasteiger partial charge in [-0.2, -0.15) is 0 Å². The summed E-state index contributed by atoms with van der Waals surface area (Å²) in [5, 5.41) is 6.21. The highest BCUT2D eigenvalue weighted by Crippen LogP contribution is 2.31. The van der Waals surface area contributed by atoms with Crippen LogP contribution in [0, 0.1) is 11.7 Å². The Morgan fingerprint density at radius 2 is 1.75 bits per heavy atom. The molecule has 1 unspecified atom stereocenters. The quantitative estimate of drug-likeness (QED) is 0.607. The second kappa shape index (κ2) is 8.85. The third-order valence-corrected chi connectivity index (χ3v) is 6.12. The first-order valence-electron chi connectivity index (χ1n) is 10.4. The van der Waals surface area contributed by atoms with Gasteiger partial charge in [-0.15, -0.1) is 0 Å². The molecule has 0 bridgehead atoms. The van der Waals surface area contributed by atoms with E-state index in [2.05, 4.69) is 59.6 Å². The fraction of sp³-hybridized carbons (Fsp3) is 0.360. The number of piperidine rings is 1. The number of fused-ring (bicyclic) bond motifs is 1. The number of rotatable bonds is 6. The molecule has 1 N–H and O–H groups in total. The minimum Gasteiger partial charge on any atom is -0.312 e. The fourth-order valence-electron chi connectivity index (χ4n) is 4.42. The van der Waals surface area contributed by atoms with Gasteiger partial charge in [0.05, 0.1) is 0 Å². The molecule has 4 rings (SSSR count). The lowest BCUT2D eigenvalue weighted by molar-refractivity contribution is 0.140. The lowest BCUT2D eigenvalue weighted by Gasteiger charge is -2.36. The molecule has 0 spiro atoms. The van der Waals surface area contributed by atoms with E-state index in [9.17, 15) is 4.39 Å². The Hall–Kier alpha value is -2.23. The molecule has 28 heavy (non-hydrogen) atoms. The van der Waals surface area contributed by atoms with Gasteiger partial charge in [0, 0.05) is 12.6 Å². The van der Waals surface area contributed by atoms with Gasteiger partial charge in [0.15, 0.2) is 0 Å². The third-order valence-electron chi connectivity index (χ3n) is 6.12. The monoisotopic (exact) mass is 376 g/mol. The van der Waals surface area contributed by atoms with E-state index in [0.29, 0.717) is 12.0 Å². The van der Waals surface area contributed by atoms with Gasteiger partial charge in [-0.05, 0) is 79.3 Å². The van der Waals surface area contributed by atoms with E-state index in [0.717, 1.165) is 31.7 Å². The largest absolute Gasteiger partial charge is 0.312 e. The molecule has 3 aromatic rings. The normalized spacial score (nSPS) is 17.1. The fourth-order valence-corrected chi connectivity index (χ4v) is 4.42. The Kier molecular flexibility index (Phi) is 6.04. The third kappa shape index (κ3) is 4.43. The molecule has 2 nitrogen and oxygen atoms in total. The predicted molar refractivity (Wildman–Crippen MR) is 115 cm³/mol. The van der Waals surface area contributed by atoms with Crippen LogP contribution in [0.3, 0.4) is 0 Å². The molecule has 1 aliphatic rings. The molecule has 3 heteroatoms. The highest BCUT2D eigenvalue weighted by Gasteiger charge is 2.24. The van der Waals surface area contributed by atoms with E-state index in [-0.39, 0.29) is 5.82 Å². The highest BCUT2D eigenvalue weighted by atomic mass is 19.1. The molecule has 0 saturated carbocycles. The van der Waals surface area contributed by atoms with Crippen LogP contribution >= 0.6 is 0 Å². The zero-order chi connectivity index (χ0) is 19.3. The minimum atomic E-state index is -0.157. The predicted octanol–water partition coefficient (Wildman–Crippen LogP) is 5.54. The summed E-state index contributed by atoms with van der Waals surface area (Å²) in [5.41, 5.74) is 2.45. The van der Waals surface area contributed by atoms with Gasteiger partial charge >= 0.3 is 0 Å². The maximum Gasteiger partial charge on any atom is 0.123 e. The Morgan fingerprint density at radius 1 is 1.00 bits per heavy atom. The molecule has 1 saturated heterocycles. The van der Waals surface area contributed by atoms with Crippen molar-refractivity contribution in [3.8, 4) is 0 Å². The van der Waals surface area contributed by atoms with Crippen molar-refractivity contribution < 1.29 is 4.39 Å². The Balaban J connectivity index is 1.30. The van der Waals surface area contributed by atoms with Crippen LogP contribution in [-0.2, 0) is 6.54 Å². The molecule has 1 fully saturated rings. The van der Waals surface area contributed by atoms with Crippen molar-refractivity contribution in [1.82, 2.24) is 10.2 Å². The number of hydrogen-bond acceptors (Lipinski definition) is 2. The van der Waals surface area contributed by atoms with Gasteiger partial charge in [0.2, 0.25) is 0 Å². The maximum atomic E-state index is 13.3. The van der Waals surface area contributed by atoms with Crippen molar-refractivity contribution in [2.75, 3.05) is 19.6 Å². The van der Waals surface area contributed by atoms with Crippen molar-refractivity contribution in [3.63, 3.8) is 0 Å². The summed E-state index contributed by atoms with van der Waals surface area (Å²) >= 11 is 0. The van der Waals surface area contributed by atoms with E-state index in [1.807, 2.05) is 6.07 Å². The van der Waals surface area contributed by atoms with E-state index in [4.69, 9.17) is 0 Å². The van der Waals surface area contributed by atoms with Crippen molar-refractivity contribution in [2.45, 2.75) is 32.4 Å². The van der Waals surface area contributed by atoms with E-state index < -0.39 is 0 Å². The number of likely N-dealkylation sites (tertiary alicyclic amines) is 1. The van der Waals surface area contributed by atoms with Crippen molar-refractivity contribution in [2.24, 2.45) is 5.92 Å². The summed E-state index contributed by atoms with van der Waals surface area (Å²) in [6.07, 6.45) is 2.43. The summed E-state index contributed by atoms with van der Waals surface area (Å²) in [5.74, 6) is 0.541. The van der Waals surface area contributed by atoms with Crippen LogP contribution in [0.5, 0.6) is 0 Å². The molecular weight excluding hydrogens is 347 g/mol. The molecule has 146 valence electrons. The van der Waals surface area contributed by atoms with Crippen LogP contribution in [0.15, 0.2) is 66.7 Å². The SMILES string of the molecule is CC(c1cccc2ccccc12)N1CCC(CNCc2cccc(F)c2)CC1. The lowest BCUT2D eigenvalue weighted by atomic mass is 9.93. The molecule has 1 heterocycles. The van der Waals surface area contributed by atoms with E-state index in [1.165, 1.54) is 35.2 Å². The van der Waals surface area contributed by atoms with Gasteiger partial charge in [-0.3, -0.25) is 4.90 Å². The maximum absolute atomic E-state index is 13.3. The lowest BCUT2D eigenvalue weighted by Crippen LogP contribution is -2.38. The molecule has 0 amide bonds. The summed E-state index contributed by atoms with van der Waals surface area (Å²) in [4.78, 5) is 2.62. The van der Waals surface area contributed by atoms with Crippen molar-refractivity contribution in [3.05, 3.63) is 83.7 Å². The molecule has 3 aromatic carbocycles. The second-order valence-electron chi connectivity index (χ2n) is 7.98. The van der Waals surface area contributed by atoms with E-state index >= 15 is 0 Å². The minimum absolute atomic E-state index is 0.157. The summed E-state index contributed by atoms with van der Waals surface area (Å²) in [7, 11) is 0. The molecule has 0 aliphatic carbocycles.